The zero-order valence-corrected chi connectivity index (χ0v) is 13.1. The van der Waals surface area contributed by atoms with E-state index in [4.69, 9.17) is 5.11 Å². The van der Waals surface area contributed by atoms with Crippen LogP contribution in [-0.2, 0) is 11.3 Å². The number of carbonyl (C=O) groups is 1. The highest BCUT2D eigenvalue weighted by molar-refractivity contribution is 7.99. The van der Waals surface area contributed by atoms with Crippen molar-refractivity contribution in [3.8, 4) is 11.4 Å². The Morgan fingerprint density at radius 3 is 2.76 bits per heavy atom. The first-order chi connectivity index (χ1) is 10.0. The van der Waals surface area contributed by atoms with Gasteiger partial charge in [0.1, 0.15) is 0 Å². The molecule has 0 unspecified atom stereocenters. The second kappa shape index (κ2) is 6.62. The van der Waals surface area contributed by atoms with Crippen LogP contribution in [0.2, 0.25) is 0 Å². The number of benzene rings is 1. The van der Waals surface area contributed by atoms with Crippen molar-refractivity contribution in [1.29, 1.82) is 0 Å². The summed E-state index contributed by atoms with van der Waals surface area (Å²) in [6.45, 7) is 2.68. The molecule has 0 bridgehead atoms. The lowest BCUT2D eigenvalue weighted by Crippen LogP contribution is -2.08. The summed E-state index contributed by atoms with van der Waals surface area (Å²) in [5, 5.41) is 17.7. The van der Waals surface area contributed by atoms with Gasteiger partial charge in [-0.15, -0.1) is 10.2 Å². The lowest BCUT2D eigenvalue weighted by molar-refractivity contribution is -0.133. The largest absolute Gasteiger partial charge is 0.481 e. The molecule has 0 amide bonds. The Balaban J connectivity index is 2.35. The van der Waals surface area contributed by atoms with E-state index in [1.807, 2.05) is 54.8 Å². The summed E-state index contributed by atoms with van der Waals surface area (Å²) in [7, 11) is 3.97. The van der Waals surface area contributed by atoms with Crippen molar-refractivity contribution in [2.45, 2.75) is 18.6 Å². The Kier molecular flexibility index (Phi) is 4.85. The van der Waals surface area contributed by atoms with Gasteiger partial charge in [-0.1, -0.05) is 23.9 Å². The second-order valence-electron chi connectivity index (χ2n) is 4.68. The summed E-state index contributed by atoms with van der Waals surface area (Å²) >= 11 is 1.19. The van der Waals surface area contributed by atoms with E-state index in [2.05, 4.69) is 10.2 Å². The van der Waals surface area contributed by atoms with Crippen LogP contribution >= 0.6 is 11.8 Å². The van der Waals surface area contributed by atoms with E-state index in [1.54, 1.807) is 0 Å². The molecule has 1 N–H and O–H groups in total. The average molecular weight is 306 g/mol. The fourth-order valence-corrected chi connectivity index (χ4v) is 2.67. The van der Waals surface area contributed by atoms with E-state index in [9.17, 15) is 4.79 Å². The number of carboxylic acids is 1. The molecule has 112 valence electrons. The van der Waals surface area contributed by atoms with E-state index in [0.29, 0.717) is 11.7 Å². The molecule has 21 heavy (non-hydrogen) atoms. The molecule has 0 aliphatic carbocycles. The highest BCUT2D eigenvalue weighted by atomic mass is 32.2. The summed E-state index contributed by atoms with van der Waals surface area (Å²) in [6.07, 6.45) is 0. The van der Waals surface area contributed by atoms with Gasteiger partial charge in [-0.05, 0) is 19.1 Å². The van der Waals surface area contributed by atoms with Crippen molar-refractivity contribution in [3.63, 3.8) is 0 Å². The van der Waals surface area contributed by atoms with Crippen LogP contribution in [0.1, 0.15) is 6.92 Å². The fourth-order valence-electron chi connectivity index (χ4n) is 1.94. The number of thioether (sulfide) groups is 1. The Labute approximate surface area is 127 Å². The van der Waals surface area contributed by atoms with Gasteiger partial charge in [-0.25, -0.2) is 0 Å². The number of aliphatic carboxylic acids is 1. The minimum Gasteiger partial charge on any atom is -0.481 e. The monoisotopic (exact) mass is 306 g/mol. The van der Waals surface area contributed by atoms with Crippen molar-refractivity contribution >= 4 is 23.4 Å². The minimum absolute atomic E-state index is 0.0180. The third kappa shape index (κ3) is 3.55. The van der Waals surface area contributed by atoms with E-state index in [0.717, 1.165) is 17.1 Å². The molecule has 0 saturated carbocycles. The Morgan fingerprint density at radius 1 is 1.38 bits per heavy atom. The van der Waals surface area contributed by atoms with Gasteiger partial charge < -0.3 is 14.6 Å². The molecule has 2 aromatic rings. The molecule has 0 aliphatic rings. The first-order valence-corrected chi connectivity index (χ1v) is 7.57. The van der Waals surface area contributed by atoms with Gasteiger partial charge >= 0.3 is 5.97 Å². The van der Waals surface area contributed by atoms with E-state index in [-0.39, 0.29) is 5.75 Å². The molecule has 0 spiro atoms. The predicted molar refractivity (Wildman–Crippen MR) is 83.8 cm³/mol. The maximum Gasteiger partial charge on any atom is 0.313 e. The molecule has 0 aliphatic heterocycles. The molecule has 2 rings (SSSR count). The number of nitrogens with zero attached hydrogens (tertiary/aromatic N) is 4. The van der Waals surface area contributed by atoms with Crippen LogP contribution in [0.5, 0.6) is 0 Å². The van der Waals surface area contributed by atoms with Crippen LogP contribution < -0.4 is 4.90 Å². The van der Waals surface area contributed by atoms with Crippen LogP contribution in [0.15, 0.2) is 29.4 Å². The van der Waals surface area contributed by atoms with Crippen molar-refractivity contribution in [1.82, 2.24) is 14.8 Å². The van der Waals surface area contributed by atoms with Crippen LogP contribution in [0.4, 0.5) is 5.69 Å². The summed E-state index contributed by atoms with van der Waals surface area (Å²) < 4.78 is 1.93. The molecule has 0 radical (unpaired) electrons. The van der Waals surface area contributed by atoms with Gasteiger partial charge in [-0.2, -0.15) is 0 Å². The van der Waals surface area contributed by atoms with Crippen LogP contribution in [0, 0.1) is 0 Å². The maximum atomic E-state index is 10.7. The van der Waals surface area contributed by atoms with E-state index in [1.165, 1.54) is 11.8 Å². The molecule has 0 fully saturated rings. The van der Waals surface area contributed by atoms with Crippen LogP contribution in [0.25, 0.3) is 11.4 Å². The Hall–Kier alpha value is -2.02. The first kappa shape index (κ1) is 15.4. The molecular formula is C14H18N4O2S. The number of hydrogen-bond acceptors (Lipinski definition) is 5. The van der Waals surface area contributed by atoms with Crippen molar-refractivity contribution < 1.29 is 9.90 Å². The molecule has 6 nitrogen and oxygen atoms in total. The molecule has 0 saturated heterocycles. The lowest BCUT2D eigenvalue weighted by atomic mass is 10.2. The maximum absolute atomic E-state index is 10.7. The Morgan fingerprint density at radius 2 is 2.14 bits per heavy atom. The summed E-state index contributed by atoms with van der Waals surface area (Å²) in [6, 6.07) is 8.02. The molecule has 0 atom stereocenters. The zero-order chi connectivity index (χ0) is 15.4. The predicted octanol–water partition coefficient (Wildman–Crippen LogP) is 2.21. The second-order valence-corrected chi connectivity index (χ2v) is 5.62. The van der Waals surface area contributed by atoms with Gasteiger partial charge in [-0.3, -0.25) is 4.79 Å². The molecular weight excluding hydrogens is 288 g/mol. The molecule has 7 heteroatoms. The number of rotatable bonds is 6. The normalized spacial score (nSPS) is 10.6. The SMILES string of the molecule is CCn1c(SCC(=O)O)nnc1-c1cccc(N(C)C)c1. The third-order valence-corrected chi connectivity index (χ3v) is 3.93. The standard InChI is InChI=1S/C14H18N4O2S/c1-4-18-13(15-16-14(18)21-9-12(19)20)10-6-5-7-11(8-10)17(2)3/h5-8H,4,9H2,1-3H3,(H,19,20). The van der Waals surface area contributed by atoms with E-state index < -0.39 is 5.97 Å². The molecule has 1 heterocycles. The smallest absolute Gasteiger partial charge is 0.313 e. The van der Waals surface area contributed by atoms with E-state index >= 15 is 0 Å². The van der Waals surface area contributed by atoms with Gasteiger partial charge in [0.2, 0.25) is 0 Å². The van der Waals surface area contributed by atoms with Crippen molar-refractivity contribution in [3.05, 3.63) is 24.3 Å². The van der Waals surface area contributed by atoms with Gasteiger partial charge in [0.25, 0.3) is 0 Å². The number of aromatic nitrogens is 3. The quantitative estimate of drug-likeness (QED) is 0.825. The van der Waals surface area contributed by atoms with Gasteiger partial charge in [0.05, 0.1) is 5.75 Å². The zero-order valence-electron chi connectivity index (χ0n) is 12.3. The third-order valence-electron chi connectivity index (χ3n) is 2.98. The topological polar surface area (TPSA) is 71.2 Å². The summed E-state index contributed by atoms with van der Waals surface area (Å²) in [5.74, 6) is -0.119. The fraction of sp³-hybridized carbons (Fsp3) is 0.357. The highest BCUT2D eigenvalue weighted by Crippen LogP contribution is 2.26. The van der Waals surface area contributed by atoms with Crippen LogP contribution in [-0.4, -0.2) is 45.7 Å². The number of anilines is 1. The van der Waals surface area contributed by atoms with Gasteiger partial charge in [0, 0.05) is 31.9 Å². The van der Waals surface area contributed by atoms with Crippen molar-refractivity contribution in [2.24, 2.45) is 0 Å². The number of carboxylic acid groups (broad SMARTS) is 1. The average Bonchev–Trinajstić information content (AvgIpc) is 2.88. The number of hydrogen-bond donors (Lipinski definition) is 1. The van der Waals surface area contributed by atoms with Crippen molar-refractivity contribution in [2.75, 3.05) is 24.7 Å². The molecule has 1 aromatic carbocycles. The summed E-state index contributed by atoms with van der Waals surface area (Å²) in [5.41, 5.74) is 2.05. The molecule has 1 aromatic heterocycles. The van der Waals surface area contributed by atoms with Crippen LogP contribution in [0.3, 0.4) is 0 Å². The summed E-state index contributed by atoms with van der Waals surface area (Å²) in [4.78, 5) is 12.7. The lowest BCUT2D eigenvalue weighted by Gasteiger charge is -2.13. The van der Waals surface area contributed by atoms with Gasteiger partial charge in [0.15, 0.2) is 11.0 Å². The Bertz CT molecular complexity index is 640. The first-order valence-electron chi connectivity index (χ1n) is 6.58. The highest BCUT2D eigenvalue weighted by Gasteiger charge is 2.14. The minimum atomic E-state index is -0.859.